The van der Waals surface area contributed by atoms with E-state index in [0.29, 0.717) is 11.3 Å². The van der Waals surface area contributed by atoms with Crippen LogP contribution in [0.2, 0.25) is 0 Å². The summed E-state index contributed by atoms with van der Waals surface area (Å²) in [5.74, 6) is 1.34. The third-order valence-electron chi connectivity index (χ3n) is 3.53. The van der Waals surface area contributed by atoms with E-state index in [-0.39, 0.29) is 0 Å². The van der Waals surface area contributed by atoms with Gasteiger partial charge in [0.25, 0.3) is 0 Å². The first-order valence-electron chi connectivity index (χ1n) is 5.26. The van der Waals surface area contributed by atoms with Crippen LogP contribution in [0.15, 0.2) is 0 Å². The lowest BCUT2D eigenvalue weighted by molar-refractivity contribution is 0.157. The van der Waals surface area contributed by atoms with Crippen molar-refractivity contribution in [3.8, 4) is 0 Å². The molecular weight excluding hydrogens is 144 g/mol. The molecule has 1 radical (unpaired) electrons. The van der Waals surface area contributed by atoms with Gasteiger partial charge in [0, 0.05) is 0 Å². The maximum Gasteiger partial charge on any atom is -0.0303 e. The van der Waals surface area contributed by atoms with Gasteiger partial charge < -0.3 is 0 Å². The van der Waals surface area contributed by atoms with E-state index in [0.717, 1.165) is 5.92 Å². The Kier molecular flexibility index (Phi) is 4.89. The standard InChI is InChI=1S/C12H25/c1-7-8-9-11(4)12(5,6)10(2)3/h10-11H,2,7-9H2,1,3-6H3. The first-order chi connectivity index (χ1) is 5.42. The molecule has 73 valence electrons. The highest BCUT2D eigenvalue weighted by Crippen LogP contribution is 2.37. The van der Waals surface area contributed by atoms with Crippen molar-refractivity contribution >= 4 is 0 Å². The lowest BCUT2D eigenvalue weighted by Gasteiger charge is -2.36. The smallest absolute Gasteiger partial charge is 0.0303 e. The number of unbranched alkanes of at least 4 members (excludes halogenated alkanes) is 1. The van der Waals surface area contributed by atoms with E-state index >= 15 is 0 Å². The number of rotatable bonds is 5. The molecule has 0 nitrogen and oxygen atoms in total. The second-order valence-electron chi connectivity index (χ2n) is 4.77. The zero-order valence-electron chi connectivity index (χ0n) is 9.48. The first-order valence-corrected chi connectivity index (χ1v) is 5.26. The fourth-order valence-corrected chi connectivity index (χ4v) is 1.37. The van der Waals surface area contributed by atoms with Gasteiger partial charge in [-0.3, -0.25) is 0 Å². The predicted octanol–water partition coefficient (Wildman–Crippen LogP) is 4.31. The minimum Gasteiger partial charge on any atom is -0.0654 e. The van der Waals surface area contributed by atoms with Gasteiger partial charge >= 0.3 is 0 Å². The summed E-state index contributed by atoms with van der Waals surface area (Å²) in [6.07, 6.45) is 4.02. The molecule has 2 unspecified atom stereocenters. The van der Waals surface area contributed by atoms with Gasteiger partial charge in [-0.1, -0.05) is 53.9 Å². The van der Waals surface area contributed by atoms with E-state index in [1.807, 2.05) is 0 Å². The molecule has 0 aliphatic carbocycles. The molecule has 0 saturated carbocycles. The van der Waals surface area contributed by atoms with Crippen molar-refractivity contribution < 1.29 is 0 Å². The third kappa shape index (κ3) is 3.16. The molecule has 0 heteroatoms. The molecule has 0 aromatic heterocycles. The molecule has 0 aromatic rings. The van der Waals surface area contributed by atoms with Crippen molar-refractivity contribution in [2.75, 3.05) is 0 Å². The van der Waals surface area contributed by atoms with Gasteiger partial charge in [-0.2, -0.15) is 0 Å². The average Bonchev–Trinajstić information content (AvgIpc) is 1.99. The van der Waals surface area contributed by atoms with Crippen LogP contribution in [-0.2, 0) is 0 Å². The second-order valence-corrected chi connectivity index (χ2v) is 4.77. The molecular formula is C12H25. The van der Waals surface area contributed by atoms with Crippen molar-refractivity contribution in [1.82, 2.24) is 0 Å². The van der Waals surface area contributed by atoms with E-state index in [2.05, 4.69) is 41.5 Å². The molecule has 0 aromatic carbocycles. The van der Waals surface area contributed by atoms with E-state index in [1.54, 1.807) is 0 Å². The summed E-state index contributed by atoms with van der Waals surface area (Å²) >= 11 is 0. The number of hydrogen-bond acceptors (Lipinski definition) is 0. The van der Waals surface area contributed by atoms with Crippen LogP contribution >= 0.6 is 0 Å². The summed E-state index contributed by atoms with van der Waals surface area (Å²) < 4.78 is 0. The Morgan fingerprint density at radius 2 is 1.75 bits per heavy atom. The molecule has 0 bridgehead atoms. The van der Waals surface area contributed by atoms with Crippen molar-refractivity contribution in [3.63, 3.8) is 0 Å². The van der Waals surface area contributed by atoms with Crippen LogP contribution in [-0.4, -0.2) is 0 Å². The zero-order chi connectivity index (χ0) is 9.78. The largest absolute Gasteiger partial charge is 0.0654 e. The van der Waals surface area contributed by atoms with E-state index in [9.17, 15) is 0 Å². The fraction of sp³-hybridized carbons (Fsp3) is 0.917. The topological polar surface area (TPSA) is 0 Å². The molecule has 0 N–H and O–H groups in total. The lowest BCUT2D eigenvalue weighted by atomic mass is 9.70. The maximum absolute atomic E-state index is 4.14. The van der Waals surface area contributed by atoms with Crippen LogP contribution in [0.1, 0.15) is 53.9 Å². The quantitative estimate of drug-likeness (QED) is 0.575. The van der Waals surface area contributed by atoms with Gasteiger partial charge in [-0.05, 0) is 24.2 Å². The monoisotopic (exact) mass is 169 g/mol. The van der Waals surface area contributed by atoms with Gasteiger partial charge in [-0.25, -0.2) is 0 Å². The first kappa shape index (κ1) is 12.0. The molecule has 0 aliphatic heterocycles. The van der Waals surface area contributed by atoms with Crippen LogP contribution in [0.25, 0.3) is 0 Å². The maximum atomic E-state index is 4.14. The molecule has 0 saturated heterocycles. The van der Waals surface area contributed by atoms with Gasteiger partial charge in [0.15, 0.2) is 0 Å². The summed E-state index contributed by atoms with van der Waals surface area (Å²) in [6.45, 7) is 15.7. The summed E-state index contributed by atoms with van der Waals surface area (Å²) in [5, 5.41) is 0. The molecule has 12 heavy (non-hydrogen) atoms. The van der Waals surface area contributed by atoms with Crippen LogP contribution in [0.5, 0.6) is 0 Å². The van der Waals surface area contributed by atoms with Crippen molar-refractivity contribution in [3.05, 3.63) is 6.92 Å². The second kappa shape index (κ2) is 4.89. The van der Waals surface area contributed by atoms with Crippen molar-refractivity contribution in [2.24, 2.45) is 17.3 Å². The third-order valence-corrected chi connectivity index (χ3v) is 3.53. The summed E-state index contributed by atoms with van der Waals surface area (Å²) in [5.41, 5.74) is 0.398. The Hall–Kier alpha value is 0. The van der Waals surface area contributed by atoms with Gasteiger partial charge in [0.05, 0.1) is 0 Å². The van der Waals surface area contributed by atoms with Gasteiger partial charge in [0.1, 0.15) is 0 Å². The van der Waals surface area contributed by atoms with Crippen LogP contribution in [0, 0.1) is 24.2 Å². The Bertz CT molecular complexity index is 111. The SMILES string of the molecule is [CH2]C(C)C(C)(C)C(C)CCCC. The summed E-state index contributed by atoms with van der Waals surface area (Å²) in [4.78, 5) is 0. The lowest BCUT2D eigenvalue weighted by Crippen LogP contribution is -2.27. The predicted molar refractivity (Wildman–Crippen MR) is 57.0 cm³/mol. The Morgan fingerprint density at radius 1 is 1.25 bits per heavy atom. The molecule has 0 fully saturated rings. The molecule has 0 rings (SSSR count). The average molecular weight is 169 g/mol. The fourth-order valence-electron chi connectivity index (χ4n) is 1.37. The molecule has 0 spiro atoms. The van der Waals surface area contributed by atoms with E-state index in [1.165, 1.54) is 19.3 Å². The highest BCUT2D eigenvalue weighted by molar-refractivity contribution is 4.81. The minimum atomic E-state index is 0.398. The Balaban J connectivity index is 3.97. The van der Waals surface area contributed by atoms with Crippen molar-refractivity contribution in [2.45, 2.75) is 53.9 Å². The summed E-state index contributed by atoms with van der Waals surface area (Å²) in [7, 11) is 0. The Labute approximate surface area is 78.8 Å². The van der Waals surface area contributed by atoms with Crippen LogP contribution in [0.4, 0.5) is 0 Å². The zero-order valence-corrected chi connectivity index (χ0v) is 9.48. The molecule has 2 atom stereocenters. The molecule has 0 heterocycles. The van der Waals surface area contributed by atoms with Crippen LogP contribution in [0.3, 0.4) is 0 Å². The number of hydrogen-bond donors (Lipinski definition) is 0. The normalized spacial score (nSPS) is 15.2. The van der Waals surface area contributed by atoms with Crippen molar-refractivity contribution in [1.29, 1.82) is 0 Å². The highest BCUT2D eigenvalue weighted by atomic mass is 14.3. The molecule has 0 amide bonds. The van der Waals surface area contributed by atoms with Crippen LogP contribution < -0.4 is 0 Å². The summed E-state index contributed by atoms with van der Waals surface area (Å²) in [6, 6.07) is 0. The highest BCUT2D eigenvalue weighted by Gasteiger charge is 2.28. The van der Waals surface area contributed by atoms with Gasteiger partial charge in [0.2, 0.25) is 0 Å². The Morgan fingerprint density at radius 3 is 2.08 bits per heavy atom. The van der Waals surface area contributed by atoms with Gasteiger partial charge in [-0.15, -0.1) is 0 Å². The minimum absolute atomic E-state index is 0.398. The van der Waals surface area contributed by atoms with E-state index < -0.39 is 0 Å². The van der Waals surface area contributed by atoms with E-state index in [4.69, 9.17) is 0 Å². The molecule has 0 aliphatic rings.